The second-order valence-electron chi connectivity index (χ2n) is 5.28. The highest BCUT2D eigenvalue weighted by atomic mass is 79.9. The number of halogens is 1. The summed E-state index contributed by atoms with van der Waals surface area (Å²) >= 11 is 3.63. The summed E-state index contributed by atoms with van der Waals surface area (Å²) in [5, 5.41) is 3.65. The van der Waals surface area contributed by atoms with Crippen LogP contribution in [0.5, 0.6) is 0 Å². The van der Waals surface area contributed by atoms with Gasteiger partial charge < -0.3 is 10.2 Å². The number of nitrogens with zero attached hydrogens (tertiary/aromatic N) is 1. The summed E-state index contributed by atoms with van der Waals surface area (Å²) in [6.07, 6.45) is 1.24. The molecule has 2 atom stereocenters. The van der Waals surface area contributed by atoms with Crippen molar-refractivity contribution in [2.24, 2.45) is 5.92 Å². The van der Waals surface area contributed by atoms with E-state index in [0.29, 0.717) is 6.04 Å². The van der Waals surface area contributed by atoms with Crippen LogP contribution in [0.2, 0.25) is 0 Å². The van der Waals surface area contributed by atoms with E-state index < -0.39 is 0 Å². The van der Waals surface area contributed by atoms with Crippen LogP contribution in [0.15, 0.2) is 22.7 Å². The van der Waals surface area contributed by atoms with E-state index in [-0.39, 0.29) is 0 Å². The largest absolute Gasteiger partial charge is 0.368 e. The van der Waals surface area contributed by atoms with Gasteiger partial charge in [0.2, 0.25) is 0 Å². The van der Waals surface area contributed by atoms with Gasteiger partial charge in [-0.05, 0) is 30.5 Å². The van der Waals surface area contributed by atoms with Gasteiger partial charge in [0.15, 0.2) is 0 Å². The Hall–Kier alpha value is -0.540. The molecule has 0 spiro atoms. The van der Waals surface area contributed by atoms with Gasteiger partial charge in [-0.1, -0.05) is 42.3 Å². The van der Waals surface area contributed by atoms with E-state index in [1.165, 1.54) is 22.1 Å². The van der Waals surface area contributed by atoms with Gasteiger partial charge >= 0.3 is 0 Å². The first-order valence-electron chi connectivity index (χ1n) is 6.87. The summed E-state index contributed by atoms with van der Waals surface area (Å²) in [5.41, 5.74) is 2.72. The highest BCUT2D eigenvalue weighted by Crippen LogP contribution is 2.28. The topological polar surface area (TPSA) is 15.3 Å². The van der Waals surface area contributed by atoms with Gasteiger partial charge in [-0.3, -0.25) is 0 Å². The van der Waals surface area contributed by atoms with Crippen LogP contribution in [0.3, 0.4) is 0 Å². The van der Waals surface area contributed by atoms with Gasteiger partial charge in [-0.2, -0.15) is 0 Å². The molecular weight excluding hydrogens is 288 g/mol. The van der Waals surface area contributed by atoms with Crippen LogP contribution in [0.4, 0.5) is 5.69 Å². The maximum Gasteiger partial charge on any atom is 0.0408 e. The van der Waals surface area contributed by atoms with Crippen LogP contribution in [-0.4, -0.2) is 25.7 Å². The van der Waals surface area contributed by atoms with E-state index in [0.717, 1.165) is 25.6 Å². The van der Waals surface area contributed by atoms with E-state index in [4.69, 9.17) is 0 Å². The van der Waals surface area contributed by atoms with Crippen molar-refractivity contribution in [2.45, 2.75) is 33.2 Å². The third-order valence-electron chi connectivity index (χ3n) is 4.12. The number of rotatable bonds is 3. The van der Waals surface area contributed by atoms with Crippen LogP contribution < -0.4 is 10.2 Å². The first-order chi connectivity index (χ1) is 8.63. The average Bonchev–Trinajstić information content (AvgIpc) is 2.41. The summed E-state index contributed by atoms with van der Waals surface area (Å²) in [7, 11) is 0. The van der Waals surface area contributed by atoms with Gasteiger partial charge in [0, 0.05) is 35.8 Å². The van der Waals surface area contributed by atoms with Crippen LogP contribution >= 0.6 is 15.9 Å². The summed E-state index contributed by atoms with van der Waals surface area (Å²) in [6, 6.07) is 7.10. The van der Waals surface area contributed by atoms with E-state index >= 15 is 0 Å². The molecular formula is C15H23BrN2. The van der Waals surface area contributed by atoms with Crippen LogP contribution in [-0.2, 0) is 0 Å². The SMILES string of the molecule is CCC(C)C1CN(c2cccc(Br)c2C)CCN1. The van der Waals surface area contributed by atoms with E-state index in [1.54, 1.807) is 0 Å². The van der Waals surface area contributed by atoms with Crippen molar-refractivity contribution in [1.82, 2.24) is 5.32 Å². The molecule has 18 heavy (non-hydrogen) atoms. The van der Waals surface area contributed by atoms with E-state index in [2.05, 4.69) is 65.1 Å². The molecule has 3 heteroatoms. The zero-order valence-electron chi connectivity index (χ0n) is 11.5. The van der Waals surface area contributed by atoms with Crippen molar-refractivity contribution < 1.29 is 0 Å². The minimum absolute atomic E-state index is 0.613. The fraction of sp³-hybridized carbons (Fsp3) is 0.600. The zero-order chi connectivity index (χ0) is 13.1. The Morgan fingerprint density at radius 2 is 2.28 bits per heavy atom. The highest BCUT2D eigenvalue weighted by molar-refractivity contribution is 9.10. The Balaban J connectivity index is 2.15. The molecule has 1 heterocycles. The molecule has 0 aliphatic carbocycles. The van der Waals surface area contributed by atoms with Crippen molar-refractivity contribution in [3.63, 3.8) is 0 Å². The lowest BCUT2D eigenvalue weighted by atomic mass is 9.96. The number of nitrogens with one attached hydrogen (secondary N) is 1. The lowest BCUT2D eigenvalue weighted by Crippen LogP contribution is -2.53. The monoisotopic (exact) mass is 310 g/mol. The summed E-state index contributed by atoms with van der Waals surface area (Å²) in [5.74, 6) is 0.736. The van der Waals surface area contributed by atoms with Gasteiger partial charge in [0.25, 0.3) is 0 Å². The number of benzene rings is 1. The summed E-state index contributed by atoms with van der Waals surface area (Å²) < 4.78 is 1.21. The number of hydrogen-bond donors (Lipinski definition) is 1. The summed E-state index contributed by atoms with van der Waals surface area (Å²) in [6.45, 7) is 10.1. The molecule has 0 radical (unpaired) electrons. The van der Waals surface area contributed by atoms with E-state index in [1.807, 2.05) is 0 Å². The molecule has 1 aliphatic rings. The van der Waals surface area contributed by atoms with Crippen molar-refractivity contribution >= 4 is 21.6 Å². The Morgan fingerprint density at radius 1 is 1.50 bits per heavy atom. The first-order valence-corrected chi connectivity index (χ1v) is 7.66. The lowest BCUT2D eigenvalue weighted by Gasteiger charge is -2.38. The minimum Gasteiger partial charge on any atom is -0.368 e. The molecule has 0 amide bonds. The Kier molecular flexibility index (Phi) is 4.68. The molecule has 2 nitrogen and oxygen atoms in total. The molecule has 1 aromatic rings. The second-order valence-corrected chi connectivity index (χ2v) is 6.13. The van der Waals surface area contributed by atoms with Crippen molar-refractivity contribution in [2.75, 3.05) is 24.5 Å². The smallest absolute Gasteiger partial charge is 0.0408 e. The predicted molar refractivity (Wildman–Crippen MR) is 82.3 cm³/mol. The maximum atomic E-state index is 3.65. The Morgan fingerprint density at radius 3 is 3.00 bits per heavy atom. The molecule has 1 aromatic carbocycles. The molecule has 0 saturated carbocycles. The average molecular weight is 311 g/mol. The lowest BCUT2D eigenvalue weighted by molar-refractivity contribution is 0.341. The Bertz CT molecular complexity index is 405. The maximum absolute atomic E-state index is 3.65. The van der Waals surface area contributed by atoms with Crippen LogP contribution in [0, 0.1) is 12.8 Å². The molecule has 0 bridgehead atoms. The molecule has 1 saturated heterocycles. The van der Waals surface area contributed by atoms with Gasteiger partial charge in [-0.25, -0.2) is 0 Å². The Labute approximate surface area is 119 Å². The molecule has 2 unspecified atom stereocenters. The van der Waals surface area contributed by atoms with Crippen molar-refractivity contribution in [3.8, 4) is 0 Å². The molecule has 1 fully saturated rings. The molecule has 1 aliphatic heterocycles. The first kappa shape index (κ1) is 13.9. The fourth-order valence-corrected chi connectivity index (χ4v) is 2.96. The zero-order valence-corrected chi connectivity index (χ0v) is 13.1. The number of hydrogen-bond acceptors (Lipinski definition) is 2. The van der Waals surface area contributed by atoms with Crippen LogP contribution in [0.25, 0.3) is 0 Å². The molecule has 100 valence electrons. The van der Waals surface area contributed by atoms with Crippen molar-refractivity contribution in [1.29, 1.82) is 0 Å². The number of anilines is 1. The normalized spacial score (nSPS) is 22.0. The second kappa shape index (κ2) is 6.07. The fourth-order valence-electron chi connectivity index (χ4n) is 2.60. The molecule has 1 N–H and O–H groups in total. The van der Waals surface area contributed by atoms with Gasteiger partial charge in [0.1, 0.15) is 0 Å². The minimum atomic E-state index is 0.613. The van der Waals surface area contributed by atoms with Gasteiger partial charge in [0.05, 0.1) is 0 Å². The number of piperazine rings is 1. The molecule has 2 rings (SSSR count). The third kappa shape index (κ3) is 2.89. The highest BCUT2D eigenvalue weighted by Gasteiger charge is 2.24. The van der Waals surface area contributed by atoms with E-state index in [9.17, 15) is 0 Å². The summed E-state index contributed by atoms with van der Waals surface area (Å²) in [4.78, 5) is 2.52. The quantitative estimate of drug-likeness (QED) is 0.918. The van der Waals surface area contributed by atoms with Gasteiger partial charge in [-0.15, -0.1) is 0 Å². The predicted octanol–water partition coefficient (Wildman–Crippen LogP) is 3.58. The third-order valence-corrected chi connectivity index (χ3v) is 4.98. The van der Waals surface area contributed by atoms with Crippen molar-refractivity contribution in [3.05, 3.63) is 28.2 Å². The standard InChI is InChI=1S/C15H23BrN2/c1-4-11(2)14-10-18(9-8-17-14)15-7-5-6-13(16)12(15)3/h5-7,11,14,17H,4,8-10H2,1-3H3. The molecule has 0 aromatic heterocycles. The van der Waals surface area contributed by atoms with Crippen LogP contribution in [0.1, 0.15) is 25.8 Å².